The first-order valence-electron chi connectivity index (χ1n) is 10.7. The molecule has 2 N–H and O–H groups in total. The van der Waals surface area contributed by atoms with E-state index in [1.54, 1.807) is 0 Å². The zero-order chi connectivity index (χ0) is 19.3. The van der Waals surface area contributed by atoms with Crippen LogP contribution in [0.15, 0.2) is 18.2 Å². The average Bonchev–Trinajstić information content (AvgIpc) is 3.36. The molecule has 2 saturated carbocycles. The van der Waals surface area contributed by atoms with Gasteiger partial charge in [0.05, 0.1) is 10.2 Å². The molecule has 0 atom stereocenters. The smallest absolute Gasteiger partial charge is 0.229 e. The van der Waals surface area contributed by atoms with E-state index in [0.29, 0.717) is 11.6 Å². The lowest BCUT2D eigenvalue weighted by atomic mass is 9.89. The molecule has 0 aliphatic heterocycles. The summed E-state index contributed by atoms with van der Waals surface area (Å²) in [5.41, 5.74) is 1.59. The van der Waals surface area contributed by atoms with Crippen LogP contribution in [-0.2, 0) is 9.59 Å². The number of nitrogens with one attached hydrogen (secondary N) is 2. The Hall–Kier alpha value is -1.95. The highest BCUT2D eigenvalue weighted by Gasteiger charge is 2.22. The lowest BCUT2D eigenvalue weighted by molar-refractivity contribution is -0.120. The number of fused-ring (bicyclic) bond motifs is 1. The van der Waals surface area contributed by atoms with Crippen molar-refractivity contribution in [3.8, 4) is 0 Å². The Morgan fingerprint density at radius 3 is 2.54 bits per heavy atom. The summed E-state index contributed by atoms with van der Waals surface area (Å²) in [7, 11) is 0. The van der Waals surface area contributed by atoms with Crippen LogP contribution in [-0.4, -0.2) is 16.8 Å². The Balaban J connectivity index is 1.34. The zero-order valence-electron chi connectivity index (χ0n) is 16.3. The van der Waals surface area contributed by atoms with Crippen LogP contribution in [0.3, 0.4) is 0 Å². The van der Waals surface area contributed by atoms with Crippen LogP contribution in [0.4, 0.5) is 10.8 Å². The summed E-state index contributed by atoms with van der Waals surface area (Å²) in [5, 5.41) is 6.64. The number of amides is 2. The first-order valence-corrected chi connectivity index (χ1v) is 11.5. The van der Waals surface area contributed by atoms with Gasteiger partial charge in [-0.2, -0.15) is 0 Å². The van der Waals surface area contributed by atoms with Crippen molar-refractivity contribution >= 4 is 44.2 Å². The Morgan fingerprint density at radius 2 is 1.75 bits per heavy atom. The molecule has 1 heterocycles. The highest BCUT2D eigenvalue weighted by atomic mass is 32.1. The van der Waals surface area contributed by atoms with E-state index in [0.717, 1.165) is 53.9 Å². The van der Waals surface area contributed by atoms with Crippen molar-refractivity contribution in [2.45, 2.75) is 70.6 Å². The Labute approximate surface area is 170 Å². The molecule has 5 nitrogen and oxygen atoms in total. The molecule has 150 valence electrons. The van der Waals surface area contributed by atoms with Crippen molar-refractivity contribution in [1.29, 1.82) is 0 Å². The SMILES string of the molecule is O=C(CCC1CCCC1)Nc1ccc2sc(NC(=O)C3CCCCC3)nc2c1. The van der Waals surface area contributed by atoms with Gasteiger partial charge in [0.25, 0.3) is 0 Å². The number of hydrogen-bond donors (Lipinski definition) is 2. The van der Waals surface area contributed by atoms with Crippen LogP contribution < -0.4 is 10.6 Å². The maximum absolute atomic E-state index is 12.4. The van der Waals surface area contributed by atoms with Gasteiger partial charge in [0.15, 0.2) is 5.13 Å². The quantitative estimate of drug-likeness (QED) is 0.652. The van der Waals surface area contributed by atoms with Crippen LogP contribution in [0, 0.1) is 11.8 Å². The van der Waals surface area contributed by atoms with Gasteiger partial charge in [-0.1, -0.05) is 56.3 Å². The molecule has 0 saturated heterocycles. The standard InChI is InChI=1S/C22H29N3O2S/c26-20(13-10-15-6-4-5-7-15)23-17-11-12-19-18(14-17)24-22(28-19)25-21(27)16-8-2-1-3-9-16/h11-12,14-16H,1-10,13H2,(H,23,26)(H,24,25,27). The fourth-order valence-corrected chi connectivity index (χ4v) is 5.34. The topological polar surface area (TPSA) is 71.1 Å². The molecule has 2 amide bonds. The summed E-state index contributed by atoms with van der Waals surface area (Å²) >= 11 is 1.49. The average molecular weight is 400 g/mol. The van der Waals surface area contributed by atoms with Crippen molar-refractivity contribution in [2.24, 2.45) is 11.8 Å². The molecular weight excluding hydrogens is 370 g/mol. The van der Waals surface area contributed by atoms with Crippen molar-refractivity contribution in [3.63, 3.8) is 0 Å². The van der Waals surface area contributed by atoms with Crippen molar-refractivity contribution in [2.75, 3.05) is 10.6 Å². The maximum atomic E-state index is 12.4. The summed E-state index contributed by atoms with van der Waals surface area (Å²) in [6, 6.07) is 5.78. The number of hydrogen-bond acceptors (Lipinski definition) is 4. The highest BCUT2D eigenvalue weighted by molar-refractivity contribution is 7.22. The number of anilines is 2. The molecule has 2 aliphatic rings. The number of carbonyl (C=O) groups is 2. The molecule has 0 bridgehead atoms. The summed E-state index contributed by atoms with van der Waals surface area (Å²) in [6.45, 7) is 0. The van der Waals surface area contributed by atoms with Gasteiger partial charge in [0.2, 0.25) is 11.8 Å². The molecule has 6 heteroatoms. The van der Waals surface area contributed by atoms with Crippen molar-refractivity contribution in [1.82, 2.24) is 4.98 Å². The molecule has 28 heavy (non-hydrogen) atoms. The van der Waals surface area contributed by atoms with Gasteiger partial charge >= 0.3 is 0 Å². The Bertz CT molecular complexity index is 835. The predicted octanol–water partition coefficient (Wildman–Crippen LogP) is 5.72. The second-order valence-corrected chi connectivity index (χ2v) is 9.29. The minimum absolute atomic E-state index is 0.0762. The van der Waals surface area contributed by atoms with Crippen molar-refractivity contribution in [3.05, 3.63) is 18.2 Å². The zero-order valence-corrected chi connectivity index (χ0v) is 17.2. The predicted molar refractivity (Wildman–Crippen MR) is 115 cm³/mol. The van der Waals surface area contributed by atoms with Gasteiger partial charge < -0.3 is 10.6 Å². The summed E-state index contributed by atoms with van der Waals surface area (Å²) in [5.74, 6) is 1.02. The molecule has 0 unspecified atom stereocenters. The van der Waals surface area contributed by atoms with E-state index >= 15 is 0 Å². The van der Waals surface area contributed by atoms with E-state index in [9.17, 15) is 9.59 Å². The lowest BCUT2D eigenvalue weighted by Gasteiger charge is -2.19. The second kappa shape index (κ2) is 9.03. The van der Waals surface area contributed by atoms with Crippen molar-refractivity contribution < 1.29 is 9.59 Å². The highest BCUT2D eigenvalue weighted by Crippen LogP contribution is 2.31. The van der Waals surface area contributed by atoms with Crippen LogP contribution >= 0.6 is 11.3 Å². The van der Waals surface area contributed by atoms with E-state index in [1.807, 2.05) is 18.2 Å². The van der Waals surface area contributed by atoms with Gasteiger partial charge in [-0.15, -0.1) is 0 Å². The largest absolute Gasteiger partial charge is 0.326 e. The van der Waals surface area contributed by atoms with Gasteiger partial charge in [-0.05, 0) is 43.4 Å². The molecule has 1 aromatic carbocycles. The first kappa shape index (κ1) is 19.4. The third-order valence-electron chi connectivity index (χ3n) is 6.13. The van der Waals surface area contributed by atoms with E-state index in [2.05, 4.69) is 15.6 Å². The summed E-state index contributed by atoms with van der Waals surface area (Å²) in [4.78, 5) is 29.2. The van der Waals surface area contributed by atoms with Gasteiger partial charge in [0.1, 0.15) is 0 Å². The van der Waals surface area contributed by atoms with Crippen LogP contribution in [0.2, 0.25) is 0 Å². The molecule has 1 aromatic heterocycles. The van der Waals surface area contributed by atoms with Crippen LogP contribution in [0.25, 0.3) is 10.2 Å². The molecule has 4 rings (SSSR count). The molecule has 0 radical (unpaired) electrons. The normalized spacial score (nSPS) is 18.4. The Morgan fingerprint density at radius 1 is 1.00 bits per heavy atom. The van der Waals surface area contributed by atoms with E-state index < -0.39 is 0 Å². The van der Waals surface area contributed by atoms with Gasteiger partial charge in [0, 0.05) is 18.0 Å². The Kier molecular flexibility index (Phi) is 6.25. The number of rotatable bonds is 6. The van der Waals surface area contributed by atoms with Crippen LogP contribution in [0.5, 0.6) is 0 Å². The third-order valence-corrected chi connectivity index (χ3v) is 7.08. The monoisotopic (exact) mass is 399 g/mol. The second-order valence-electron chi connectivity index (χ2n) is 8.26. The fraction of sp³-hybridized carbons (Fsp3) is 0.591. The van der Waals surface area contributed by atoms with Gasteiger partial charge in [-0.3, -0.25) is 9.59 Å². The number of aromatic nitrogens is 1. The molecule has 0 spiro atoms. The third kappa shape index (κ3) is 4.90. The van der Waals surface area contributed by atoms with Gasteiger partial charge in [-0.25, -0.2) is 4.98 Å². The number of carbonyl (C=O) groups excluding carboxylic acids is 2. The first-order chi connectivity index (χ1) is 13.7. The lowest BCUT2D eigenvalue weighted by Crippen LogP contribution is -2.24. The van der Waals surface area contributed by atoms with Crippen LogP contribution in [0.1, 0.15) is 70.6 Å². The number of nitrogens with zero attached hydrogens (tertiary/aromatic N) is 1. The molecule has 2 fully saturated rings. The van der Waals surface area contributed by atoms with E-state index in [1.165, 1.54) is 43.4 Å². The molecular formula is C22H29N3O2S. The summed E-state index contributed by atoms with van der Waals surface area (Å²) in [6.07, 6.45) is 12.2. The maximum Gasteiger partial charge on any atom is 0.229 e. The molecule has 2 aromatic rings. The van der Waals surface area contributed by atoms with E-state index in [4.69, 9.17) is 0 Å². The minimum Gasteiger partial charge on any atom is -0.326 e. The minimum atomic E-state index is 0.0762. The fourth-order valence-electron chi connectivity index (χ4n) is 4.49. The molecule has 2 aliphatic carbocycles. The summed E-state index contributed by atoms with van der Waals surface area (Å²) < 4.78 is 1.02. The number of benzene rings is 1. The number of thiazole rings is 1. The van der Waals surface area contributed by atoms with E-state index in [-0.39, 0.29) is 17.7 Å².